The summed E-state index contributed by atoms with van der Waals surface area (Å²) in [7, 11) is 0. The lowest BCUT2D eigenvalue weighted by atomic mass is 9.99. The Kier molecular flexibility index (Phi) is 47.1. The van der Waals surface area contributed by atoms with E-state index in [-0.39, 0.29) is 19.4 Å². The monoisotopic (exact) mass is 1040 g/mol. The van der Waals surface area contributed by atoms with Crippen LogP contribution in [0.4, 0.5) is 0 Å². The third-order valence-corrected chi connectivity index (χ3v) is 13.6. The zero-order chi connectivity index (χ0) is 54.0. The van der Waals surface area contributed by atoms with E-state index in [1.54, 1.807) is 6.08 Å². The zero-order valence-corrected chi connectivity index (χ0v) is 46.9. The molecule has 0 radical (unpaired) electrons. The predicted octanol–water partition coefficient (Wildman–Crippen LogP) is 13.8. The lowest BCUT2D eigenvalue weighted by Gasteiger charge is -2.41. The molecule has 8 atom stereocenters. The van der Waals surface area contributed by atoms with Gasteiger partial charge in [-0.15, -0.1) is 0 Å². The standard InChI is InChI=1S/C63H109NO10/c1-4-7-10-13-16-19-22-25-26-27-28-29-30-31-32-33-36-39-42-45-48-51-58(68)74-61-60(70)59(69)57(52-65)73-63(61)72-53-54(55(66)49-46-43-40-37-34-23-20-17-14-11-8-5-2)64-62(71)56(67)50-47-44-41-38-35-24-21-18-15-12-9-6-3/h9,12,15-16,18-19,21,24-26,35,38,46,49,54-57,59-61,63,65-67,69-70H,4-8,10-11,13-14,17,20,22-23,27-34,36-37,39-45,47-48,50-53H2,1-3H3,(H,64,71)/b12-9+,18-15+,19-16-,24-21-,26-25-,38-35-,49-46+. The van der Waals surface area contributed by atoms with Gasteiger partial charge in [-0.05, 0) is 77.0 Å². The molecular formula is C63H109NO10. The van der Waals surface area contributed by atoms with Crippen molar-refractivity contribution in [2.24, 2.45) is 0 Å². The minimum atomic E-state index is -1.62. The second-order valence-corrected chi connectivity index (χ2v) is 20.4. The quantitative estimate of drug-likeness (QED) is 0.0149. The molecule has 0 saturated carbocycles. The van der Waals surface area contributed by atoms with Gasteiger partial charge in [0.15, 0.2) is 12.4 Å². The van der Waals surface area contributed by atoms with Gasteiger partial charge in [0, 0.05) is 6.42 Å². The first-order valence-corrected chi connectivity index (χ1v) is 29.9. The molecule has 1 saturated heterocycles. The molecule has 74 heavy (non-hydrogen) atoms. The summed E-state index contributed by atoms with van der Waals surface area (Å²) in [6.07, 6.45) is 54.9. The summed E-state index contributed by atoms with van der Waals surface area (Å²) in [4.78, 5) is 26.5. The smallest absolute Gasteiger partial charge is 0.306 e. The number of amides is 1. The Morgan fingerprint density at radius 2 is 1.03 bits per heavy atom. The van der Waals surface area contributed by atoms with Crippen LogP contribution in [0.2, 0.25) is 0 Å². The van der Waals surface area contributed by atoms with Crippen molar-refractivity contribution in [3.8, 4) is 0 Å². The van der Waals surface area contributed by atoms with Crippen molar-refractivity contribution in [1.82, 2.24) is 5.32 Å². The third-order valence-electron chi connectivity index (χ3n) is 13.6. The number of esters is 1. The number of ether oxygens (including phenoxy) is 3. The number of hydrogen-bond donors (Lipinski definition) is 6. The molecule has 8 unspecified atom stereocenters. The number of aliphatic hydroxyl groups excluding tert-OH is 5. The van der Waals surface area contributed by atoms with Crippen molar-refractivity contribution in [3.63, 3.8) is 0 Å². The van der Waals surface area contributed by atoms with Crippen LogP contribution in [-0.4, -0.2) is 99.6 Å². The highest BCUT2D eigenvalue weighted by atomic mass is 16.7. The Morgan fingerprint density at radius 1 is 0.554 bits per heavy atom. The Morgan fingerprint density at radius 3 is 1.59 bits per heavy atom. The van der Waals surface area contributed by atoms with Gasteiger partial charge in [-0.25, -0.2) is 0 Å². The van der Waals surface area contributed by atoms with Gasteiger partial charge in [0.1, 0.15) is 24.4 Å². The lowest BCUT2D eigenvalue weighted by molar-refractivity contribution is -0.305. The number of rotatable bonds is 49. The number of hydrogen-bond acceptors (Lipinski definition) is 10. The average molecular weight is 1040 g/mol. The summed E-state index contributed by atoms with van der Waals surface area (Å²) in [6.45, 7) is 5.58. The summed E-state index contributed by atoms with van der Waals surface area (Å²) in [5, 5.41) is 56.8. The van der Waals surface area contributed by atoms with Crippen LogP contribution in [0.5, 0.6) is 0 Å². The SMILES string of the molecule is CC/C=C/C=C/C=C\C=C/CCCCC(O)C(=O)NC(COC1OC(CO)C(O)C(O)C1OC(=O)CCCCCCCCCCCCC/C=C\C/C=C\CCCCC)C(O)/C=C/CCCCCCCCCCCC. The molecule has 0 spiro atoms. The molecule has 1 amide bonds. The van der Waals surface area contributed by atoms with Crippen molar-refractivity contribution < 1.29 is 49.3 Å². The largest absolute Gasteiger partial charge is 0.454 e. The molecule has 1 heterocycles. The lowest BCUT2D eigenvalue weighted by Crippen LogP contribution is -2.61. The maximum absolute atomic E-state index is 13.3. The maximum Gasteiger partial charge on any atom is 0.306 e. The van der Waals surface area contributed by atoms with Crippen molar-refractivity contribution in [2.45, 2.75) is 288 Å². The molecular weight excluding hydrogens is 931 g/mol. The van der Waals surface area contributed by atoms with Crippen molar-refractivity contribution in [3.05, 3.63) is 85.1 Å². The van der Waals surface area contributed by atoms with Crippen LogP contribution in [-0.2, 0) is 23.8 Å². The predicted molar refractivity (Wildman–Crippen MR) is 306 cm³/mol. The van der Waals surface area contributed by atoms with Crippen LogP contribution in [0.25, 0.3) is 0 Å². The van der Waals surface area contributed by atoms with Gasteiger partial charge >= 0.3 is 5.97 Å². The topological polar surface area (TPSA) is 175 Å². The number of aliphatic hydroxyl groups is 5. The fourth-order valence-corrected chi connectivity index (χ4v) is 8.87. The summed E-state index contributed by atoms with van der Waals surface area (Å²) < 4.78 is 17.6. The van der Waals surface area contributed by atoms with Crippen LogP contribution < -0.4 is 5.32 Å². The Bertz CT molecular complexity index is 1520. The van der Waals surface area contributed by atoms with Gasteiger partial charge < -0.3 is 45.1 Å². The average Bonchev–Trinajstić information content (AvgIpc) is 3.40. The number of nitrogens with one attached hydrogen (secondary N) is 1. The van der Waals surface area contributed by atoms with Gasteiger partial charge in [-0.3, -0.25) is 9.59 Å². The van der Waals surface area contributed by atoms with Gasteiger partial charge in [-0.2, -0.15) is 0 Å². The summed E-state index contributed by atoms with van der Waals surface area (Å²) >= 11 is 0. The second kappa shape index (κ2) is 50.6. The number of allylic oxidation sites excluding steroid dienone is 13. The van der Waals surface area contributed by atoms with E-state index >= 15 is 0 Å². The van der Waals surface area contributed by atoms with Crippen LogP contribution in [0.3, 0.4) is 0 Å². The van der Waals surface area contributed by atoms with E-state index in [0.29, 0.717) is 12.8 Å². The fraction of sp³-hybridized carbons (Fsp3) is 0.746. The van der Waals surface area contributed by atoms with Crippen LogP contribution in [0.1, 0.15) is 239 Å². The normalized spacial score (nSPS) is 19.9. The molecule has 0 aliphatic carbocycles. The van der Waals surface area contributed by atoms with E-state index in [4.69, 9.17) is 14.2 Å². The fourth-order valence-electron chi connectivity index (χ4n) is 8.87. The molecule has 1 aliphatic heterocycles. The molecule has 1 rings (SSSR count). The molecule has 6 N–H and O–H groups in total. The Labute approximate surface area is 451 Å². The van der Waals surface area contributed by atoms with Gasteiger partial charge in [0.2, 0.25) is 5.91 Å². The van der Waals surface area contributed by atoms with Crippen molar-refractivity contribution >= 4 is 11.9 Å². The second-order valence-electron chi connectivity index (χ2n) is 20.4. The third kappa shape index (κ3) is 38.4. The van der Waals surface area contributed by atoms with Crippen molar-refractivity contribution in [2.75, 3.05) is 13.2 Å². The van der Waals surface area contributed by atoms with Crippen LogP contribution >= 0.6 is 0 Å². The van der Waals surface area contributed by atoms with E-state index in [9.17, 15) is 35.1 Å². The Balaban J connectivity index is 2.68. The first-order chi connectivity index (χ1) is 36.2. The molecule has 0 bridgehead atoms. The highest BCUT2D eigenvalue weighted by Crippen LogP contribution is 2.26. The van der Waals surface area contributed by atoms with Crippen LogP contribution in [0.15, 0.2) is 85.1 Å². The molecule has 0 aromatic heterocycles. The molecule has 0 aromatic carbocycles. The molecule has 11 nitrogen and oxygen atoms in total. The van der Waals surface area contributed by atoms with E-state index < -0.39 is 67.4 Å². The van der Waals surface area contributed by atoms with Gasteiger partial charge in [0.25, 0.3) is 0 Å². The summed E-state index contributed by atoms with van der Waals surface area (Å²) in [5.41, 5.74) is 0. The van der Waals surface area contributed by atoms with E-state index in [0.717, 1.165) is 70.6 Å². The highest BCUT2D eigenvalue weighted by molar-refractivity contribution is 5.80. The molecule has 0 aromatic rings. The maximum atomic E-state index is 13.3. The minimum Gasteiger partial charge on any atom is -0.454 e. The van der Waals surface area contributed by atoms with Gasteiger partial charge in [0.05, 0.1) is 25.4 Å². The van der Waals surface area contributed by atoms with E-state index in [2.05, 4.69) is 56.5 Å². The first-order valence-electron chi connectivity index (χ1n) is 29.9. The molecule has 1 aliphatic rings. The summed E-state index contributed by atoms with van der Waals surface area (Å²) in [6, 6.07) is -1.05. The van der Waals surface area contributed by atoms with Crippen LogP contribution in [0, 0.1) is 0 Å². The number of carbonyl (C=O) groups excluding carboxylic acids is 2. The van der Waals surface area contributed by atoms with E-state index in [1.807, 2.05) is 48.6 Å². The zero-order valence-electron chi connectivity index (χ0n) is 46.9. The number of carbonyl (C=O) groups is 2. The Hall–Kier alpha value is -3.16. The summed E-state index contributed by atoms with van der Waals surface area (Å²) in [5.74, 6) is -1.24. The van der Waals surface area contributed by atoms with Crippen molar-refractivity contribution in [1.29, 1.82) is 0 Å². The molecule has 426 valence electrons. The molecule has 1 fully saturated rings. The van der Waals surface area contributed by atoms with E-state index in [1.165, 1.54) is 122 Å². The highest BCUT2D eigenvalue weighted by Gasteiger charge is 2.47. The van der Waals surface area contributed by atoms with Gasteiger partial charge in [-0.1, -0.05) is 241 Å². The number of unbranched alkanes of at least 4 members (excludes halogenated alkanes) is 26. The first kappa shape index (κ1) is 68.9. The molecule has 11 heteroatoms. The minimum absolute atomic E-state index is 0.113.